The summed E-state index contributed by atoms with van der Waals surface area (Å²) < 4.78 is 5.71. The van der Waals surface area contributed by atoms with E-state index in [9.17, 15) is 9.59 Å². The van der Waals surface area contributed by atoms with E-state index in [2.05, 4.69) is 30.0 Å². The van der Waals surface area contributed by atoms with Crippen molar-refractivity contribution in [1.29, 1.82) is 0 Å². The number of anilines is 2. The molecule has 0 aliphatic rings. The highest BCUT2D eigenvalue weighted by molar-refractivity contribution is 6.01. The number of nitrogens with one attached hydrogen (secondary N) is 3. The first kappa shape index (κ1) is 21.9. The minimum atomic E-state index is -0.446. The van der Waals surface area contributed by atoms with Crippen molar-refractivity contribution < 1.29 is 14.3 Å². The van der Waals surface area contributed by atoms with E-state index in [1.54, 1.807) is 18.2 Å². The second kappa shape index (κ2) is 10.3. The standard InChI is InChI=1S/C25H27N3O3/c1-17(2)20-14-13-18(3)15-23(20)31-16-24(29)27-28-25(30)21-11-7-8-12-22(21)26-19-9-5-4-6-10-19/h4-15,17,26H,16H2,1-3H3,(H,27,29)(H,28,30). The van der Waals surface area contributed by atoms with E-state index in [1.807, 2.05) is 61.5 Å². The van der Waals surface area contributed by atoms with Gasteiger partial charge in [0.05, 0.1) is 11.3 Å². The first-order valence-electron chi connectivity index (χ1n) is 10.2. The molecule has 0 atom stereocenters. The smallest absolute Gasteiger partial charge is 0.276 e. The number of rotatable bonds is 7. The van der Waals surface area contributed by atoms with Crippen LogP contribution in [0, 0.1) is 6.92 Å². The number of hydrazine groups is 1. The van der Waals surface area contributed by atoms with E-state index in [-0.39, 0.29) is 12.5 Å². The van der Waals surface area contributed by atoms with Gasteiger partial charge in [0, 0.05) is 5.69 Å². The molecule has 0 aliphatic heterocycles. The Morgan fingerprint density at radius 3 is 2.35 bits per heavy atom. The number of hydrogen-bond acceptors (Lipinski definition) is 4. The van der Waals surface area contributed by atoms with Crippen LogP contribution in [0.5, 0.6) is 5.75 Å². The van der Waals surface area contributed by atoms with Gasteiger partial charge in [-0.25, -0.2) is 0 Å². The highest BCUT2D eigenvalue weighted by atomic mass is 16.5. The Balaban J connectivity index is 1.58. The van der Waals surface area contributed by atoms with Gasteiger partial charge in [-0.1, -0.05) is 56.3 Å². The number of ether oxygens (including phenoxy) is 1. The first-order chi connectivity index (χ1) is 14.9. The van der Waals surface area contributed by atoms with Crippen molar-refractivity contribution in [1.82, 2.24) is 10.9 Å². The van der Waals surface area contributed by atoms with Crippen LogP contribution in [0.1, 0.15) is 41.3 Å². The molecule has 3 rings (SSSR count). The highest BCUT2D eigenvalue weighted by Gasteiger charge is 2.14. The van der Waals surface area contributed by atoms with Crippen molar-refractivity contribution in [2.75, 3.05) is 11.9 Å². The summed E-state index contributed by atoms with van der Waals surface area (Å²) in [7, 11) is 0. The summed E-state index contributed by atoms with van der Waals surface area (Å²) in [6.45, 7) is 5.91. The number of aryl methyl sites for hydroxylation is 1. The Morgan fingerprint density at radius 1 is 0.903 bits per heavy atom. The molecule has 3 N–H and O–H groups in total. The van der Waals surface area contributed by atoms with E-state index in [1.165, 1.54) is 0 Å². The molecular formula is C25H27N3O3. The van der Waals surface area contributed by atoms with Crippen LogP contribution < -0.4 is 20.9 Å². The van der Waals surface area contributed by atoms with E-state index < -0.39 is 11.8 Å². The zero-order chi connectivity index (χ0) is 22.2. The predicted molar refractivity (Wildman–Crippen MR) is 123 cm³/mol. The summed E-state index contributed by atoms with van der Waals surface area (Å²) in [6, 6.07) is 22.6. The Labute approximate surface area is 182 Å². The van der Waals surface area contributed by atoms with Crippen LogP contribution in [0.3, 0.4) is 0 Å². The SMILES string of the molecule is Cc1ccc(C(C)C)c(OCC(=O)NNC(=O)c2ccccc2Nc2ccccc2)c1. The largest absolute Gasteiger partial charge is 0.483 e. The fourth-order valence-electron chi connectivity index (χ4n) is 3.08. The van der Waals surface area contributed by atoms with Crippen molar-refractivity contribution in [2.24, 2.45) is 0 Å². The second-order valence-corrected chi connectivity index (χ2v) is 7.52. The minimum absolute atomic E-state index is 0.201. The van der Waals surface area contributed by atoms with Crippen molar-refractivity contribution in [3.8, 4) is 5.75 Å². The van der Waals surface area contributed by atoms with E-state index in [0.29, 0.717) is 17.0 Å². The number of benzene rings is 3. The number of carbonyl (C=O) groups excluding carboxylic acids is 2. The van der Waals surface area contributed by atoms with Gasteiger partial charge in [0.25, 0.3) is 11.8 Å². The Morgan fingerprint density at radius 2 is 1.61 bits per heavy atom. The van der Waals surface area contributed by atoms with Gasteiger partial charge in [0.15, 0.2) is 6.61 Å². The third-order valence-electron chi connectivity index (χ3n) is 4.69. The van der Waals surface area contributed by atoms with E-state index >= 15 is 0 Å². The molecule has 0 bridgehead atoms. The summed E-state index contributed by atoms with van der Waals surface area (Å²) in [4.78, 5) is 24.8. The van der Waals surface area contributed by atoms with Gasteiger partial charge < -0.3 is 10.1 Å². The Hall–Kier alpha value is -3.80. The monoisotopic (exact) mass is 417 g/mol. The third kappa shape index (κ3) is 6.09. The molecule has 31 heavy (non-hydrogen) atoms. The fraction of sp³-hybridized carbons (Fsp3) is 0.200. The van der Waals surface area contributed by atoms with Gasteiger partial charge in [-0.15, -0.1) is 0 Å². The maximum Gasteiger partial charge on any atom is 0.276 e. The van der Waals surface area contributed by atoms with Gasteiger partial charge in [-0.05, 0) is 54.3 Å². The van der Waals surface area contributed by atoms with Crippen LogP contribution >= 0.6 is 0 Å². The first-order valence-corrected chi connectivity index (χ1v) is 10.2. The molecule has 160 valence electrons. The van der Waals surface area contributed by atoms with Gasteiger partial charge in [0.1, 0.15) is 5.75 Å². The lowest BCUT2D eigenvalue weighted by atomic mass is 10.0. The zero-order valence-corrected chi connectivity index (χ0v) is 17.9. The lowest BCUT2D eigenvalue weighted by molar-refractivity contribution is -0.123. The van der Waals surface area contributed by atoms with E-state index in [0.717, 1.165) is 16.8 Å². The molecule has 0 aliphatic carbocycles. The average Bonchev–Trinajstić information content (AvgIpc) is 2.77. The zero-order valence-electron chi connectivity index (χ0n) is 17.9. The molecule has 0 heterocycles. The van der Waals surface area contributed by atoms with Crippen LogP contribution in [0.2, 0.25) is 0 Å². The molecule has 0 saturated heterocycles. The van der Waals surface area contributed by atoms with Crippen molar-refractivity contribution in [3.63, 3.8) is 0 Å². The predicted octanol–water partition coefficient (Wildman–Crippen LogP) is 4.70. The molecule has 2 amide bonds. The molecule has 6 nitrogen and oxygen atoms in total. The number of amides is 2. The maximum atomic E-state index is 12.6. The van der Waals surface area contributed by atoms with Crippen LogP contribution in [-0.4, -0.2) is 18.4 Å². The van der Waals surface area contributed by atoms with E-state index in [4.69, 9.17) is 4.74 Å². The molecule has 0 fully saturated rings. The molecule has 0 radical (unpaired) electrons. The maximum absolute atomic E-state index is 12.6. The van der Waals surface area contributed by atoms with Crippen molar-refractivity contribution >= 4 is 23.2 Å². The molecule has 0 unspecified atom stereocenters. The second-order valence-electron chi connectivity index (χ2n) is 7.52. The number of para-hydroxylation sites is 2. The molecule has 3 aromatic carbocycles. The molecular weight excluding hydrogens is 390 g/mol. The number of carbonyl (C=O) groups is 2. The molecule has 3 aromatic rings. The third-order valence-corrected chi connectivity index (χ3v) is 4.69. The normalized spacial score (nSPS) is 10.5. The van der Waals surface area contributed by atoms with Crippen molar-refractivity contribution in [2.45, 2.75) is 26.7 Å². The molecule has 0 spiro atoms. The Kier molecular flexibility index (Phi) is 7.27. The Bertz CT molecular complexity index is 1050. The topological polar surface area (TPSA) is 79.5 Å². The van der Waals surface area contributed by atoms with Crippen LogP contribution in [0.4, 0.5) is 11.4 Å². The number of hydrogen-bond donors (Lipinski definition) is 3. The summed E-state index contributed by atoms with van der Waals surface area (Å²) in [5.74, 6) is 0.0738. The van der Waals surface area contributed by atoms with Crippen LogP contribution in [0.25, 0.3) is 0 Å². The molecule has 0 aromatic heterocycles. The van der Waals surface area contributed by atoms with Gasteiger partial charge >= 0.3 is 0 Å². The molecule has 6 heteroatoms. The van der Waals surface area contributed by atoms with Gasteiger partial charge in [-0.2, -0.15) is 0 Å². The van der Waals surface area contributed by atoms with Gasteiger partial charge in [-0.3, -0.25) is 20.4 Å². The van der Waals surface area contributed by atoms with Crippen LogP contribution in [-0.2, 0) is 4.79 Å². The highest BCUT2D eigenvalue weighted by Crippen LogP contribution is 2.27. The molecule has 0 saturated carbocycles. The van der Waals surface area contributed by atoms with Crippen LogP contribution in [0.15, 0.2) is 72.8 Å². The lowest BCUT2D eigenvalue weighted by Crippen LogP contribution is -2.44. The average molecular weight is 418 g/mol. The van der Waals surface area contributed by atoms with Crippen molar-refractivity contribution in [3.05, 3.63) is 89.5 Å². The summed E-state index contributed by atoms with van der Waals surface area (Å²) >= 11 is 0. The minimum Gasteiger partial charge on any atom is -0.483 e. The summed E-state index contributed by atoms with van der Waals surface area (Å²) in [5.41, 5.74) is 8.86. The summed E-state index contributed by atoms with van der Waals surface area (Å²) in [5, 5.41) is 3.21. The lowest BCUT2D eigenvalue weighted by Gasteiger charge is -2.15. The summed E-state index contributed by atoms with van der Waals surface area (Å²) in [6.07, 6.45) is 0. The van der Waals surface area contributed by atoms with Gasteiger partial charge in [0.2, 0.25) is 0 Å². The fourth-order valence-corrected chi connectivity index (χ4v) is 3.08. The quantitative estimate of drug-likeness (QED) is 0.487.